The Kier molecular flexibility index (Phi) is 11.7. The van der Waals surface area contributed by atoms with Crippen LogP contribution >= 0.6 is 0 Å². The monoisotopic (exact) mass is 314 g/mol. The van der Waals surface area contributed by atoms with Crippen molar-refractivity contribution in [1.82, 2.24) is 0 Å². The Morgan fingerprint density at radius 2 is 1.17 bits per heavy atom. The van der Waals surface area contributed by atoms with Gasteiger partial charge in [-0.1, -0.05) is 36.4 Å². The molecule has 1 aromatic heterocycles. The van der Waals surface area contributed by atoms with Gasteiger partial charge in [0.1, 0.15) is 18.3 Å². The van der Waals surface area contributed by atoms with E-state index in [0.29, 0.717) is 23.5 Å². The van der Waals surface area contributed by atoms with Gasteiger partial charge >= 0.3 is 0 Å². The zero-order valence-electron chi connectivity index (χ0n) is 12.4. The van der Waals surface area contributed by atoms with Crippen molar-refractivity contribution >= 4 is 13.1 Å². The third kappa shape index (κ3) is 11.0. The number of carbonyl (C=O) groups is 2. The highest BCUT2D eigenvalue weighted by Gasteiger charge is 1.84. The van der Waals surface area contributed by atoms with Crippen LogP contribution in [0.4, 0.5) is 0 Å². The molecule has 120 valence electrons. The molecule has 23 heavy (non-hydrogen) atoms. The van der Waals surface area contributed by atoms with Crippen LogP contribution in [0.3, 0.4) is 0 Å². The van der Waals surface area contributed by atoms with E-state index in [1.165, 1.54) is 6.26 Å². The normalized spacial score (nSPS) is 8.00. The number of hydrogen-bond acceptors (Lipinski definition) is 5. The highest BCUT2D eigenvalue weighted by molar-refractivity contribution is 5.69. The van der Waals surface area contributed by atoms with E-state index in [1.54, 1.807) is 60.7 Å². The van der Waals surface area contributed by atoms with Crippen molar-refractivity contribution in [3.8, 4) is 11.5 Å². The predicted molar refractivity (Wildman–Crippen MR) is 87.4 cm³/mol. The highest BCUT2D eigenvalue weighted by atomic mass is 16.3. The topological polar surface area (TPSA) is 87.7 Å². The summed E-state index contributed by atoms with van der Waals surface area (Å²) >= 11 is 0. The van der Waals surface area contributed by atoms with Crippen LogP contribution in [0.25, 0.3) is 0 Å². The molecule has 0 amide bonds. The summed E-state index contributed by atoms with van der Waals surface area (Å²) in [5, 5.41) is 17.3. The summed E-state index contributed by atoms with van der Waals surface area (Å²) in [5.74, 6) is 1.02. The summed E-state index contributed by atoms with van der Waals surface area (Å²) < 4.78 is 4.61. The standard InChI is InChI=1S/2C6H6O.C5H4O2.CH2O/c2*7-6-4-2-1-3-5-6;6-4-5-2-1-3-7-5;1-2/h2*1-5,7H;1-4H;1H2. The van der Waals surface area contributed by atoms with Gasteiger partial charge in [-0.25, -0.2) is 0 Å². The zero-order valence-corrected chi connectivity index (χ0v) is 12.4. The number of benzene rings is 2. The number of phenolic OH excluding ortho intramolecular Hbond substituents is 2. The van der Waals surface area contributed by atoms with E-state index in [2.05, 4.69) is 4.42 Å². The Morgan fingerprint density at radius 1 is 0.739 bits per heavy atom. The number of furan rings is 1. The van der Waals surface area contributed by atoms with Crippen LogP contribution < -0.4 is 0 Å². The molecular formula is C18H18O5. The molecule has 2 N–H and O–H groups in total. The van der Waals surface area contributed by atoms with Crippen molar-refractivity contribution in [2.45, 2.75) is 0 Å². The van der Waals surface area contributed by atoms with Crippen molar-refractivity contribution < 1.29 is 24.2 Å². The van der Waals surface area contributed by atoms with Gasteiger partial charge in [-0.2, -0.15) is 0 Å². The Hall–Kier alpha value is -3.34. The quantitative estimate of drug-likeness (QED) is 0.669. The highest BCUT2D eigenvalue weighted by Crippen LogP contribution is 2.03. The Balaban J connectivity index is 0.000000299. The maximum Gasteiger partial charge on any atom is 0.185 e. The minimum absolute atomic E-state index is 0.322. The summed E-state index contributed by atoms with van der Waals surface area (Å²) in [6.45, 7) is 2.00. The van der Waals surface area contributed by atoms with E-state index in [1.807, 2.05) is 18.9 Å². The number of hydrogen-bond donors (Lipinski definition) is 2. The van der Waals surface area contributed by atoms with E-state index < -0.39 is 0 Å². The molecular weight excluding hydrogens is 296 g/mol. The second-order valence-corrected chi connectivity index (χ2v) is 3.80. The summed E-state index contributed by atoms with van der Waals surface area (Å²) in [5.41, 5.74) is 0. The molecule has 0 bridgehead atoms. The molecule has 0 spiro atoms. The van der Waals surface area contributed by atoms with Gasteiger partial charge < -0.3 is 19.4 Å². The second-order valence-electron chi connectivity index (χ2n) is 3.80. The number of rotatable bonds is 1. The second kappa shape index (κ2) is 13.6. The molecule has 3 rings (SSSR count). The number of phenols is 2. The van der Waals surface area contributed by atoms with Crippen LogP contribution in [-0.2, 0) is 4.79 Å². The molecule has 0 aliphatic carbocycles. The lowest BCUT2D eigenvalue weighted by Crippen LogP contribution is -1.65. The molecule has 0 radical (unpaired) electrons. The van der Waals surface area contributed by atoms with Gasteiger partial charge in [0.05, 0.1) is 6.26 Å². The van der Waals surface area contributed by atoms with Crippen molar-refractivity contribution in [3.63, 3.8) is 0 Å². The van der Waals surface area contributed by atoms with E-state index in [-0.39, 0.29) is 0 Å². The molecule has 0 atom stereocenters. The molecule has 0 aliphatic heterocycles. The Morgan fingerprint density at radius 3 is 1.35 bits per heavy atom. The maximum absolute atomic E-state index is 9.77. The molecule has 2 aromatic carbocycles. The first-order valence-electron chi connectivity index (χ1n) is 6.48. The average molecular weight is 314 g/mol. The van der Waals surface area contributed by atoms with Crippen molar-refractivity contribution in [2.24, 2.45) is 0 Å². The minimum Gasteiger partial charge on any atom is -0.508 e. The maximum atomic E-state index is 9.77. The number of aldehydes is 1. The summed E-state index contributed by atoms with van der Waals surface area (Å²) in [6.07, 6.45) is 2.13. The molecule has 0 fully saturated rings. The molecule has 1 heterocycles. The van der Waals surface area contributed by atoms with Crippen LogP contribution in [0.15, 0.2) is 83.5 Å². The average Bonchev–Trinajstić information content (AvgIpc) is 3.13. The van der Waals surface area contributed by atoms with E-state index in [0.717, 1.165) is 0 Å². The van der Waals surface area contributed by atoms with E-state index in [4.69, 9.17) is 15.0 Å². The van der Waals surface area contributed by atoms with Crippen LogP contribution in [0.5, 0.6) is 11.5 Å². The SMILES string of the molecule is C=O.O=Cc1ccco1.Oc1ccccc1.Oc1ccccc1. The molecule has 5 nitrogen and oxygen atoms in total. The molecule has 0 saturated carbocycles. The van der Waals surface area contributed by atoms with E-state index >= 15 is 0 Å². The van der Waals surface area contributed by atoms with Crippen LogP contribution in [-0.4, -0.2) is 23.3 Å². The fraction of sp³-hybridized carbons (Fsp3) is 0. The fourth-order valence-corrected chi connectivity index (χ4v) is 1.21. The van der Waals surface area contributed by atoms with Crippen molar-refractivity contribution in [3.05, 3.63) is 84.8 Å². The molecule has 5 heteroatoms. The van der Waals surface area contributed by atoms with Crippen LogP contribution in [0.1, 0.15) is 10.6 Å². The van der Waals surface area contributed by atoms with Crippen LogP contribution in [0.2, 0.25) is 0 Å². The predicted octanol–water partition coefficient (Wildman–Crippen LogP) is 3.69. The van der Waals surface area contributed by atoms with Gasteiger partial charge in [0.15, 0.2) is 12.0 Å². The smallest absolute Gasteiger partial charge is 0.185 e. The zero-order chi connectivity index (χ0) is 17.3. The first-order valence-corrected chi connectivity index (χ1v) is 6.48. The van der Waals surface area contributed by atoms with Gasteiger partial charge in [-0.15, -0.1) is 0 Å². The third-order valence-electron chi connectivity index (χ3n) is 2.17. The Bertz CT molecular complexity index is 569. The Labute approximate surface area is 134 Å². The van der Waals surface area contributed by atoms with Gasteiger partial charge in [-0.3, -0.25) is 4.79 Å². The number of aromatic hydroxyl groups is 2. The molecule has 0 saturated heterocycles. The molecule has 3 aromatic rings. The first-order chi connectivity index (χ1) is 11.2. The fourth-order valence-electron chi connectivity index (χ4n) is 1.21. The van der Waals surface area contributed by atoms with Gasteiger partial charge in [0.2, 0.25) is 0 Å². The first kappa shape index (κ1) is 19.7. The van der Waals surface area contributed by atoms with Crippen molar-refractivity contribution in [2.75, 3.05) is 0 Å². The van der Waals surface area contributed by atoms with E-state index in [9.17, 15) is 4.79 Å². The van der Waals surface area contributed by atoms with Gasteiger partial charge in [0.25, 0.3) is 0 Å². The summed E-state index contributed by atoms with van der Waals surface area (Å²) in [7, 11) is 0. The minimum atomic E-state index is 0.322. The third-order valence-corrected chi connectivity index (χ3v) is 2.17. The van der Waals surface area contributed by atoms with Gasteiger partial charge in [0, 0.05) is 0 Å². The molecule has 0 aliphatic rings. The molecule has 0 unspecified atom stereocenters. The lowest BCUT2D eigenvalue weighted by atomic mass is 10.3. The largest absolute Gasteiger partial charge is 0.508 e. The lowest BCUT2D eigenvalue weighted by Gasteiger charge is -1.82. The van der Waals surface area contributed by atoms with Crippen molar-refractivity contribution in [1.29, 1.82) is 0 Å². The summed E-state index contributed by atoms with van der Waals surface area (Å²) in [6, 6.07) is 20.7. The van der Waals surface area contributed by atoms with Crippen LogP contribution in [0, 0.1) is 0 Å². The number of para-hydroxylation sites is 2. The number of carbonyl (C=O) groups excluding carboxylic acids is 2. The summed E-state index contributed by atoms with van der Waals surface area (Å²) in [4.78, 5) is 17.8. The lowest BCUT2D eigenvalue weighted by molar-refractivity contribution is -0.0980. The van der Waals surface area contributed by atoms with Gasteiger partial charge in [-0.05, 0) is 36.4 Å².